The third kappa shape index (κ3) is 2.85. The summed E-state index contributed by atoms with van der Waals surface area (Å²) in [7, 11) is 0. The number of esters is 1. The van der Waals surface area contributed by atoms with Crippen molar-refractivity contribution in [2.24, 2.45) is 5.41 Å². The van der Waals surface area contributed by atoms with E-state index in [9.17, 15) is 4.79 Å². The summed E-state index contributed by atoms with van der Waals surface area (Å²) in [5, 5.41) is 0. The van der Waals surface area contributed by atoms with Crippen LogP contribution in [-0.4, -0.2) is 37.1 Å². The van der Waals surface area contributed by atoms with Crippen LogP contribution in [0.25, 0.3) is 0 Å². The molecule has 3 saturated heterocycles. The lowest BCUT2D eigenvalue weighted by Gasteiger charge is -2.48. The number of carbonyl (C=O) groups is 1. The average molecular weight is 234 g/mol. The van der Waals surface area contributed by atoms with E-state index in [-0.39, 0.29) is 18.4 Å². The molecule has 0 amide bonds. The summed E-state index contributed by atoms with van der Waals surface area (Å²) in [6, 6.07) is 0. The minimum absolute atomic E-state index is 0. The highest BCUT2D eigenvalue weighted by Crippen LogP contribution is 2.42. The lowest BCUT2D eigenvalue weighted by atomic mass is 9.70. The number of rotatable bonds is 3. The van der Waals surface area contributed by atoms with E-state index < -0.39 is 0 Å². The Hall–Kier alpha value is -0.280. The van der Waals surface area contributed by atoms with Crippen LogP contribution in [0.15, 0.2) is 0 Å². The molecule has 88 valence electrons. The number of fused-ring (bicyclic) bond motifs is 3. The molecule has 3 aliphatic heterocycles. The maximum Gasteiger partial charge on any atom is 0.306 e. The second kappa shape index (κ2) is 5.17. The van der Waals surface area contributed by atoms with Crippen molar-refractivity contribution < 1.29 is 9.53 Å². The molecule has 0 saturated carbocycles. The van der Waals surface area contributed by atoms with Crippen molar-refractivity contribution in [2.45, 2.75) is 32.6 Å². The molecule has 3 rings (SSSR count). The minimum atomic E-state index is 0. The van der Waals surface area contributed by atoms with Gasteiger partial charge >= 0.3 is 5.97 Å². The molecule has 0 radical (unpaired) electrons. The largest absolute Gasteiger partial charge is 0.466 e. The Kier molecular flexibility index (Phi) is 4.41. The van der Waals surface area contributed by atoms with Gasteiger partial charge in [0, 0.05) is 0 Å². The van der Waals surface area contributed by atoms with Crippen molar-refractivity contribution in [2.75, 3.05) is 26.2 Å². The highest BCUT2D eigenvalue weighted by Gasteiger charge is 2.40. The molecular formula is C11H20ClNO2. The number of carbonyl (C=O) groups excluding carboxylic acids is 1. The Morgan fingerprint density at radius 2 is 1.80 bits per heavy atom. The maximum absolute atomic E-state index is 11.5. The van der Waals surface area contributed by atoms with Crippen molar-refractivity contribution in [3.05, 3.63) is 0 Å². The molecule has 2 bridgehead atoms. The number of piperidine rings is 3. The Labute approximate surface area is 97.6 Å². The average Bonchev–Trinajstić information content (AvgIpc) is 2.20. The van der Waals surface area contributed by atoms with Crippen molar-refractivity contribution in [3.8, 4) is 0 Å². The van der Waals surface area contributed by atoms with Crippen molar-refractivity contribution >= 4 is 18.4 Å². The van der Waals surface area contributed by atoms with Crippen LogP contribution in [0.3, 0.4) is 0 Å². The SMILES string of the molecule is CCOC(=O)CC12CCN(CC1)CC2.Cl. The summed E-state index contributed by atoms with van der Waals surface area (Å²) in [5.74, 6) is 0.00264. The summed E-state index contributed by atoms with van der Waals surface area (Å²) in [6.45, 7) is 5.93. The maximum atomic E-state index is 11.5. The fraction of sp³-hybridized carbons (Fsp3) is 0.909. The quantitative estimate of drug-likeness (QED) is 0.697. The molecular weight excluding hydrogens is 214 g/mol. The first-order valence-electron chi connectivity index (χ1n) is 5.62. The zero-order chi connectivity index (χ0) is 10.0. The fourth-order valence-corrected chi connectivity index (χ4v) is 2.68. The molecule has 0 aliphatic carbocycles. The zero-order valence-electron chi connectivity index (χ0n) is 9.33. The summed E-state index contributed by atoms with van der Waals surface area (Å²) >= 11 is 0. The lowest BCUT2D eigenvalue weighted by molar-refractivity contribution is -0.148. The summed E-state index contributed by atoms with van der Waals surface area (Å²) in [4.78, 5) is 13.9. The van der Waals surface area contributed by atoms with Crippen LogP contribution in [0.4, 0.5) is 0 Å². The first-order valence-corrected chi connectivity index (χ1v) is 5.62. The molecule has 3 nitrogen and oxygen atoms in total. The van der Waals surface area contributed by atoms with Crippen LogP contribution in [0, 0.1) is 5.41 Å². The Balaban J connectivity index is 0.00000112. The summed E-state index contributed by atoms with van der Waals surface area (Å²) in [5.41, 5.74) is 0.293. The summed E-state index contributed by atoms with van der Waals surface area (Å²) in [6.07, 6.45) is 4.21. The van der Waals surface area contributed by atoms with Crippen LogP contribution in [0.5, 0.6) is 0 Å². The van der Waals surface area contributed by atoms with Gasteiger partial charge in [-0.25, -0.2) is 0 Å². The van der Waals surface area contributed by atoms with Gasteiger partial charge in [0.2, 0.25) is 0 Å². The molecule has 0 unspecified atom stereocenters. The molecule has 4 heteroatoms. The van der Waals surface area contributed by atoms with Gasteiger partial charge in [-0.3, -0.25) is 4.79 Å². The van der Waals surface area contributed by atoms with Gasteiger partial charge in [0.1, 0.15) is 0 Å². The van der Waals surface area contributed by atoms with E-state index >= 15 is 0 Å². The van der Waals surface area contributed by atoms with Gasteiger partial charge in [0.25, 0.3) is 0 Å². The molecule has 0 N–H and O–H groups in total. The van der Waals surface area contributed by atoms with Crippen LogP contribution < -0.4 is 0 Å². The molecule has 3 aliphatic rings. The highest BCUT2D eigenvalue weighted by atomic mass is 35.5. The molecule has 0 aromatic rings. The number of halogens is 1. The lowest BCUT2D eigenvalue weighted by Crippen LogP contribution is -2.49. The third-order valence-corrected chi connectivity index (χ3v) is 3.70. The first-order chi connectivity index (χ1) is 6.74. The predicted octanol–water partition coefficient (Wildman–Crippen LogP) is 1.85. The second-order valence-corrected chi connectivity index (χ2v) is 4.57. The van der Waals surface area contributed by atoms with E-state index in [1.165, 1.54) is 38.9 Å². The van der Waals surface area contributed by atoms with Gasteiger partial charge in [-0.1, -0.05) is 0 Å². The first kappa shape index (κ1) is 12.8. The van der Waals surface area contributed by atoms with Crippen LogP contribution in [0.1, 0.15) is 32.6 Å². The number of hydrogen-bond donors (Lipinski definition) is 0. The minimum Gasteiger partial charge on any atom is -0.466 e. The molecule has 0 spiro atoms. The monoisotopic (exact) mass is 233 g/mol. The smallest absolute Gasteiger partial charge is 0.306 e. The van der Waals surface area contributed by atoms with E-state index in [4.69, 9.17) is 4.74 Å². The highest BCUT2D eigenvalue weighted by molar-refractivity contribution is 5.85. The van der Waals surface area contributed by atoms with E-state index in [0.717, 1.165) is 0 Å². The van der Waals surface area contributed by atoms with E-state index in [1.807, 2.05) is 6.92 Å². The molecule has 0 aromatic heterocycles. The van der Waals surface area contributed by atoms with E-state index in [1.54, 1.807) is 0 Å². The molecule has 0 aromatic carbocycles. The second-order valence-electron chi connectivity index (χ2n) is 4.57. The standard InChI is InChI=1S/C11H19NO2.ClH/c1-2-14-10(13)9-11-3-6-12(7-4-11)8-5-11;/h2-9H2,1H3;1H. The normalized spacial score (nSPS) is 33.3. The van der Waals surface area contributed by atoms with Gasteiger partial charge in [-0.05, 0) is 51.2 Å². The van der Waals surface area contributed by atoms with E-state index in [0.29, 0.717) is 18.4 Å². The van der Waals surface area contributed by atoms with Gasteiger partial charge < -0.3 is 9.64 Å². The molecule has 3 heterocycles. The van der Waals surface area contributed by atoms with Gasteiger partial charge in [0.05, 0.1) is 13.0 Å². The molecule has 15 heavy (non-hydrogen) atoms. The van der Waals surface area contributed by atoms with Crippen molar-refractivity contribution in [3.63, 3.8) is 0 Å². The van der Waals surface area contributed by atoms with E-state index in [2.05, 4.69) is 4.90 Å². The topological polar surface area (TPSA) is 29.5 Å². The molecule has 3 fully saturated rings. The van der Waals surface area contributed by atoms with Gasteiger partial charge in [-0.2, -0.15) is 0 Å². The predicted molar refractivity (Wildman–Crippen MR) is 61.2 cm³/mol. The Morgan fingerprint density at radius 1 is 1.27 bits per heavy atom. The van der Waals surface area contributed by atoms with Gasteiger partial charge in [0.15, 0.2) is 0 Å². The van der Waals surface area contributed by atoms with Crippen LogP contribution in [-0.2, 0) is 9.53 Å². The van der Waals surface area contributed by atoms with Gasteiger partial charge in [-0.15, -0.1) is 12.4 Å². The van der Waals surface area contributed by atoms with Crippen molar-refractivity contribution in [1.29, 1.82) is 0 Å². The number of hydrogen-bond acceptors (Lipinski definition) is 3. The Morgan fingerprint density at radius 3 is 2.27 bits per heavy atom. The number of nitrogens with zero attached hydrogens (tertiary/aromatic N) is 1. The fourth-order valence-electron chi connectivity index (χ4n) is 2.68. The van der Waals surface area contributed by atoms with Crippen molar-refractivity contribution in [1.82, 2.24) is 4.90 Å². The third-order valence-electron chi connectivity index (χ3n) is 3.70. The summed E-state index contributed by atoms with van der Waals surface area (Å²) < 4.78 is 5.04. The van der Waals surface area contributed by atoms with Crippen LogP contribution in [0.2, 0.25) is 0 Å². The number of ether oxygens (including phenoxy) is 1. The Bertz CT molecular complexity index is 211. The van der Waals surface area contributed by atoms with Crippen LogP contribution >= 0.6 is 12.4 Å². The zero-order valence-corrected chi connectivity index (χ0v) is 10.1. The molecule has 0 atom stereocenters.